The van der Waals surface area contributed by atoms with E-state index in [9.17, 15) is 0 Å². The standard InChI is InChI=1S/C8H8.U/c1-7-5-3-4-6-8(7)2;/h3-6H,1-2H2;/q-2;+2. The fraction of sp³-hybridized carbons (Fsp3) is 0. The van der Waals surface area contributed by atoms with Crippen LogP contribution in [-0.2, 0) is 0 Å². The first kappa shape index (κ1) is 9.01. The van der Waals surface area contributed by atoms with Crippen LogP contribution in [0.25, 0.3) is 0 Å². The van der Waals surface area contributed by atoms with Gasteiger partial charge >= 0.3 is 31.1 Å². The summed E-state index contributed by atoms with van der Waals surface area (Å²) in [5.41, 5.74) is 2.01. The zero-order valence-corrected chi connectivity index (χ0v) is 9.39. The summed E-state index contributed by atoms with van der Waals surface area (Å²) in [4.78, 5) is 0. The van der Waals surface area contributed by atoms with Crippen molar-refractivity contribution in [2.75, 3.05) is 0 Å². The SMILES string of the molecule is [CH2-]c1ccccc1[CH2-].[U+2]. The first-order chi connectivity index (χ1) is 3.80. The Morgan fingerprint density at radius 2 is 1.22 bits per heavy atom. The number of rotatable bonds is 0. The Kier molecular flexibility index (Phi) is 3.94. The second kappa shape index (κ2) is 3.93. The second-order valence-electron chi connectivity index (χ2n) is 1.77. The van der Waals surface area contributed by atoms with E-state index in [2.05, 4.69) is 13.8 Å². The molecule has 0 aliphatic heterocycles. The zero-order valence-electron chi connectivity index (χ0n) is 5.22. The third kappa shape index (κ3) is 2.39. The van der Waals surface area contributed by atoms with Gasteiger partial charge in [-0.2, -0.15) is 0 Å². The Hall–Kier alpha value is 0.0119. The molecule has 0 N–H and O–H groups in total. The van der Waals surface area contributed by atoms with Gasteiger partial charge < -0.3 is 0 Å². The maximum atomic E-state index is 3.76. The first-order valence-electron chi connectivity index (χ1n) is 2.53. The summed E-state index contributed by atoms with van der Waals surface area (Å²) in [6.45, 7) is 7.52. The Bertz CT molecular complexity index is 161. The van der Waals surface area contributed by atoms with Gasteiger partial charge in [0.25, 0.3) is 0 Å². The van der Waals surface area contributed by atoms with E-state index < -0.39 is 0 Å². The summed E-state index contributed by atoms with van der Waals surface area (Å²) in [7, 11) is 0. The van der Waals surface area contributed by atoms with Gasteiger partial charge in [-0.3, -0.25) is 25.0 Å². The average Bonchev–Trinajstić information content (AvgIpc) is 1.77. The minimum absolute atomic E-state index is 0. The van der Waals surface area contributed by atoms with Crippen LogP contribution in [-0.4, -0.2) is 0 Å². The van der Waals surface area contributed by atoms with Crippen LogP contribution in [0.3, 0.4) is 0 Å². The predicted octanol–water partition coefficient (Wildman–Crippen LogP) is 2.05. The van der Waals surface area contributed by atoms with E-state index in [0.717, 1.165) is 11.1 Å². The Morgan fingerprint density at radius 3 is 1.44 bits per heavy atom. The van der Waals surface area contributed by atoms with E-state index in [4.69, 9.17) is 0 Å². The van der Waals surface area contributed by atoms with Gasteiger partial charge in [0.2, 0.25) is 0 Å². The molecule has 1 aromatic carbocycles. The van der Waals surface area contributed by atoms with Crippen molar-refractivity contribution in [1.82, 2.24) is 0 Å². The maximum Gasteiger partial charge on any atom is 2.00 e. The molecule has 1 aromatic rings. The normalized spacial score (nSPS) is 8.00. The number of benzene rings is 1. The van der Waals surface area contributed by atoms with Crippen LogP contribution in [0.2, 0.25) is 0 Å². The molecule has 0 amide bonds. The van der Waals surface area contributed by atoms with Gasteiger partial charge in [0.05, 0.1) is 0 Å². The number of hydrogen-bond acceptors (Lipinski definition) is 0. The van der Waals surface area contributed by atoms with Crippen LogP contribution in [0, 0.1) is 45.0 Å². The molecule has 0 saturated carbocycles. The van der Waals surface area contributed by atoms with E-state index in [1.807, 2.05) is 24.3 Å². The van der Waals surface area contributed by atoms with Crippen molar-refractivity contribution in [3.8, 4) is 0 Å². The van der Waals surface area contributed by atoms with Crippen molar-refractivity contribution >= 4 is 0 Å². The molecular weight excluding hydrogens is 334 g/mol. The van der Waals surface area contributed by atoms with Gasteiger partial charge in [-0.1, -0.05) is 0 Å². The third-order valence-corrected chi connectivity index (χ3v) is 1.12. The van der Waals surface area contributed by atoms with Gasteiger partial charge in [-0.15, -0.1) is 12.1 Å². The molecule has 0 saturated heterocycles. The van der Waals surface area contributed by atoms with Crippen LogP contribution in [0.1, 0.15) is 11.1 Å². The molecule has 0 heterocycles. The molecule has 0 unspecified atom stereocenters. The van der Waals surface area contributed by atoms with Gasteiger partial charge in [0, 0.05) is 0 Å². The third-order valence-electron chi connectivity index (χ3n) is 1.12. The summed E-state index contributed by atoms with van der Waals surface area (Å²) >= 11 is 0. The molecule has 44 valence electrons. The summed E-state index contributed by atoms with van der Waals surface area (Å²) in [6.07, 6.45) is 0. The van der Waals surface area contributed by atoms with Gasteiger partial charge in [0.15, 0.2) is 0 Å². The van der Waals surface area contributed by atoms with Crippen LogP contribution in [0.15, 0.2) is 24.3 Å². The molecule has 0 nitrogen and oxygen atoms in total. The van der Waals surface area contributed by atoms with Crippen LogP contribution >= 0.6 is 0 Å². The molecule has 9 heavy (non-hydrogen) atoms. The molecule has 0 atom stereocenters. The van der Waals surface area contributed by atoms with Gasteiger partial charge in [0.1, 0.15) is 0 Å². The van der Waals surface area contributed by atoms with Crippen LogP contribution in [0.5, 0.6) is 0 Å². The van der Waals surface area contributed by atoms with Crippen molar-refractivity contribution in [1.29, 1.82) is 0 Å². The summed E-state index contributed by atoms with van der Waals surface area (Å²) < 4.78 is 0. The van der Waals surface area contributed by atoms with E-state index >= 15 is 0 Å². The molecular formula is C8H8U. The summed E-state index contributed by atoms with van der Waals surface area (Å²) in [6, 6.07) is 7.80. The fourth-order valence-corrected chi connectivity index (χ4v) is 0.557. The Balaban J connectivity index is 0.000000640. The molecule has 0 fully saturated rings. The molecule has 1 rings (SSSR count). The first-order valence-corrected chi connectivity index (χ1v) is 2.53. The van der Waals surface area contributed by atoms with Gasteiger partial charge in [-0.05, 0) is 0 Å². The minimum Gasteiger partial charge on any atom is -0.299 e. The van der Waals surface area contributed by atoms with Crippen molar-refractivity contribution in [2.24, 2.45) is 0 Å². The molecule has 0 spiro atoms. The smallest absolute Gasteiger partial charge is 0.299 e. The van der Waals surface area contributed by atoms with Crippen LogP contribution < -0.4 is 0 Å². The maximum absolute atomic E-state index is 3.76. The minimum atomic E-state index is 0. The quantitative estimate of drug-likeness (QED) is 0.633. The van der Waals surface area contributed by atoms with E-state index in [0.29, 0.717) is 0 Å². The summed E-state index contributed by atoms with van der Waals surface area (Å²) in [5, 5.41) is 0. The van der Waals surface area contributed by atoms with Crippen molar-refractivity contribution < 1.29 is 31.1 Å². The zero-order chi connectivity index (χ0) is 5.98. The van der Waals surface area contributed by atoms with Gasteiger partial charge in [-0.25, -0.2) is 12.1 Å². The Labute approximate surface area is 80.0 Å². The van der Waals surface area contributed by atoms with Crippen molar-refractivity contribution in [3.05, 3.63) is 49.2 Å². The monoisotopic (exact) mass is 342 g/mol. The van der Waals surface area contributed by atoms with Crippen LogP contribution in [0.4, 0.5) is 0 Å². The number of hydrogen-bond donors (Lipinski definition) is 0. The van der Waals surface area contributed by atoms with E-state index in [-0.39, 0.29) is 31.1 Å². The molecule has 0 aliphatic carbocycles. The predicted molar refractivity (Wildman–Crippen MR) is 35.4 cm³/mol. The van der Waals surface area contributed by atoms with Crippen molar-refractivity contribution in [3.63, 3.8) is 0 Å². The van der Waals surface area contributed by atoms with E-state index in [1.165, 1.54) is 0 Å². The molecule has 0 aromatic heterocycles. The molecule has 0 aliphatic rings. The molecule has 0 radical (unpaired) electrons. The largest absolute Gasteiger partial charge is 2.00 e. The average molecular weight is 342 g/mol. The van der Waals surface area contributed by atoms with E-state index in [1.54, 1.807) is 0 Å². The fourth-order valence-electron chi connectivity index (χ4n) is 0.557. The van der Waals surface area contributed by atoms with Crippen molar-refractivity contribution in [2.45, 2.75) is 0 Å². The molecule has 1 heteroatoms. The summed E-state index contributed by atoms with van der Waals surface area (Å²) in [5.74, 6) is 0. The Morgan fingerprint density at radius 1 is 0.889 bits per heavy atom. The topological polar surface area (TPSA) is 0 Å². The second-order valence-corrected chi connectivity index (χ2v) is 1.77. The molecule has 0 bridgehead atoms.